The summed E-state index contributed by atoms with van der Waals surface area (Å²) >= 11 is 0. The van der Waals surface area contributed by atoms with E-state index >= 15 is 0 Å². The molecule has 0 aliphatic carbocycles. The molecule has 6 nitrogen and oxygen atoms in total. The van der Waals surface area contributed by atoms with Gasteiger partial charge in [0.15, 0.2) is 5.82 Å². The third-order valence-corrected chi connectivity index (χ3v) is 3.79. The topological polar surface area (TPSA) is 64.3 Å². The molecule has 22 heavy (non-hydrogen) atoms. The van der Waals surface area contributed by atoms with Gasteiger partial charge in [0, 0.05) is 31.2 Å². The molecule has 0 fully saturated rings. The monoisotopic (exact) mass is 298 g/mol. The lowest BCUT2D eigenvalue weighted by molar-refractivity contribution is 0.440. The highest BCUT2D eigenvalue weighted by Gasteiger charge is 2.14. The van der Waals surface area contributed by atoms with E-state index in [-0.39, 0.29) is 6.04 Å². The van der Waals surface area contributed by atoms with Crippen molar-refractivity contribution in [2.45, 2.75) is 45.7 Å². The van der Waals surface area contributed by atoms with E-state index in [1.165, 1.54) is 6.42 Å². The van der Waals surface area contributed by atoms with E-state index in [0.717, 1.165) is 36.7 Å². The van der Waals surface area contributed by atoms with Crippen LogP contribution in [0, 0.1) is 0 Å². The van der Waals surface area contributed by atoms with Gasteiger partial charge in [-0.1, -0.05) is 13.3 Å². The zero-order valence-corrected chi connectivity index (χ0v) is 13.1. The van der Waals surface area contributed by atoms with Crippen LogP contribution in [0.4, 0.5) is 0 Å². The number of hydrogen-bond donors (Lipinski definition) is 1. The lowest BCUT2D eigenvalue weighted by Gasteiger charge is -2.15. The van der Waals surface area contributed by atoms with Crippen LogP contribution in [-0.2, 0) is 13.0 Å². The van der Waals surface area contributed by atoms with Gasteiger partial charge in [-0.3, -0.25) is 4.68 Å². The predicted molar refractivity (Wildman–Crippen MR) is 85.4 cm³/mol. The van der Waals surface area contributed by atoms with Crippen LogP contribution in [0.2, 0.25) is 0 Å². The van der Waals surface area contributed by atoms with Crippen LogP contribution in [0.15, 0.2) is 37.1 Å². The second-order valence-electron chi connectivity index (χ2n) is 5.58. The van der Waals surface area contributed by atoms with Crippen molar-refractivity contribution in [1.82, 2.24) is 29.3 Å². The fraction of sp³-hybridized carbons (Fsp3) is 0.438. The van der Waals surface area contributed by atoms with Gasteiger partial charge in [0.1, 0.15) is 11.5 Å². The average Bonchev–Trinajstić information content (AvgIpc) is 3.25. The van der Waals surface area contributed by atoms with Crippen molar-refractivity contribution >= 4 is 0 Å². The molecule has 3 heterocycles. The SMILES string of the molecule is CCCCc1ncc(-c2nccn2C(C)Cn2cccn2)[nH]1. The standard InChI is InChI=1S/C16H22N6/c1-3-4-6-15-18-11-14(20-15)16-17-8-10-22(16)13(2)12-21-9-5-7-19-21/h5,7-11,13H,3-4,6,12H2,1-2H3,(H,18,20). The fourth-order valence-electron chi connectivity index (χ4n) is 2.59. The molecule has 0 aromatic carbocycles. The maximum Gasteiger partial charge on any atom is 0.158 e. The number of imidazole rings is 2. The molecule has 0 saturated carbocycles. The normalized spacial score (nSPS) is 12.6. The molecule has 3 aromatic heterocycles. The third kappa shape index (κ3) is 3.10. The number of H-pyrrole nitrogens is 1. The summed E-state index contributed by atoms with van der Waals surface area (Å²) in [4.78, 5) is 12.3. The van der Waals surface area contributed by atoms with E-state index in [1.54, 1.807) is 6.20 Å². The molecule has 116 valence electrons. The highest BCUT2D eigenvalue weighted by Crippen LogP contribution is 2.20. The number of rotatable bonds is 7. The van der Waals surface area contributed by atoms with Crippen molar-refractivity contribution in [3.63, 3.8) is 0 Å². The second-order valence-corrected chi connectivity index (χ2v) is 5.58. The summed E-state index contributed by atoms with van der Waals surface area (Å²) in [6.45, 7) is 5.17. The predicted octanol–water partition coefficient (Wildman–Crippen LogP) is 3.07. The van der Waals surface area contributed by atoms with Gasteiger partial charge < -0.3 is 9.55 Å². The number of nitrogens with zero attached hydrogens (tertiary/aromatic N) is 5. The van der Waals surface area contributed by atoms with E-state index in [1.807, 2.05) is 35.5 Å². The number of unbranched alkanes of at least 4 members (excludes halogenated alkanes) is 1. The van der Waals surface area contributed by atoms with Gasteiger partial charge in [-0.15, -0.1) is 0 Å². The molecule has 6 heteroatoms. The van der Waals surface area contributed by atoms with Crippen LogP contribution >= 0.6 is 0 Å². The Morgan fingerprint density at radius 1 is 1.23 bits per heavy atom. The van der Waals surface area contributed by atoms with E-state index < -0.39 is 0 Å². The van der Waals surface area contributed by atoms with Crippen LogP contribution in [-0.4, -0.2) is 29.3 Å². The first-order valence-corrected chi connectivity index (χ1v) is 7.82. The Morgan fingerprint density at radius 2 is 2.14 bits per heavy atom. The molecule has 3 rings (SSSR count). The number of aromatic nitrogens is 6. The molecule has 0 spiro atoms. The van der Waals surface area contributed by atoms with Crippen molar-refractivity contribution in [3.05, 3.63) is 42.9 Å². The molecule has 0 aliphatic heterocycles. The van der Waals surface area contributed by atoms with Crippen molar-refractivity contribution < 1.29 is 0 Å². The summed E-state index contributed by atoms with van der Waals surface area (Å²) in [7, 11) is 0. The summed E-state index contributed by atoms with van der Waals surface area (Å²) in [5, 5.41) is 4.27. The van der Waals surface area contributed by atoms with Gasteiger partial charge in [0.05, 0.1) is 18.8 Å². The molecule has 0 amide bonds. The molecule has 0 bridgehead atoms. The fourth-order valence-corrected chi connectivity index (χ4v) is 2.59. The zero-order valence-electron chi connectivity index (χ0n) is 13.1. The van der Waals surface area contributed by atoms with Crippen molar-refractivity contribution in [1.29, 1.82) is 0 Å². The van der Waals surface area contributed by atoms with Crippen LogP contribution in [0.1, 0.15) is 38.6 Å². The van der Waals surface area contributed by atoms with Crippen molar-refractivity contribution in [2.24, 2.45) is 0 Å². The molecule has 0 radical (unpaired) electrons. The second kappa shape index (κ2) is 6.60. The first-order valence-electron chi connectivity index (χ1n) is 7.82. The Bertz CT molecular complexity index is 694. The Balaban J connectivity index is 1.77. The van der Waals surface area contributed by atoms with Gasteiger partial charge in [-0.2, -0.15) is 5.10 Å². The molecule has 1 N–H and O–H groups in total. The lowest BCUT2D eigenvalue weighted by Crippen LogP contribution is -2.14. The van der Waals surface area contributed by atoms with Gasteiger partial charge >= 0.3 is 0 Å². The van der Waals surface area contributed by atoms with E-state index in [2.05, 4.69) is 38.5 Å². The average molecular weight is 298 g/mol. The summed E-state index contributed by atoms with van der Waals surface area (Å²) < 4.78 is 4.10. The Labute approximate surface area is 130 Å². The number of aromatic amines is 1. The van der Waals surface area contributed by atoms with Crippen LogP contribution in [0.25, 0.3) is 11.5 Å². The molecule has 0 aliphatic rings. The molecule has 1 unspecified atom stereocenters. The highest BCUT2D eigenvalue weighted by molar-refractivity contribution is 5.49. The third-order valence-electron chi connectivity index (χ3n) is 3.79. The first kappa shape index (κ1) is 14.6. The lowest BCUT2D eigenvalue weighted by atomic mass is 10.2. The molecular formula is C16H22N6. The number of aryl methyl sites for hydroxylation is 1. The molecule has 0 saturated heterocycles. The molecule has 1 atom stereocenters. The van der Waals surface area contributed by atoms with E-state index in [9.17, 15) is 0 Å². The summed E-state index contributed by atoms with van der Waals surface area (Å²) in [5.41, 5.74) is 0.975. The number of nitrogens with one attached hydrogen (secondary N) is 1. The Kier molecular flexibility index (Phi) is 4.37. The molecule has 3 aromatic rings. The van der Waals surface area contributed by atoms with Crippen molar-refractivity contribution in [2.75, 3.05) is 0 Å². The summed E-state index contributed by atoms with van der Waals surface area (Å²) in [6.07, 6.45) is 12.8. The minimum Gasteiger partial charge on any atom is -0.339 e. The van der Waals surface area contributed by atoms with Crippen LogP contribution < -0.4 is 0 Å². The zero-order chi connectivity index (χ0) is 15.4. The summed E-state index contributed by atoms with van der Waals surface area (Å²) in [6, 6.07) is 2.20. The van der Waals surface area contributed by atoms with Gasteiger partial charge in [-0.25, -0.2) is 9.97 Å². The maximum absolute atomic E-state index is 4.49. The largest absolute Gasteiger partial charge is 0.339 e. The minimum atomic E-state index is 0.264. The van der Waals surface area contributed by atoms with Crippen LogP contribution in [0.5, 0.6) is 0 Å². The maximum atomic E-state index is 4.49. The highest BCUT2D eigenvalue weighted by atomic mass is 15.3. The van der Waals surface area contributed by atoms with Crippen molar-refractivity contribution in [3.8, 4) is 11.5 Å². The van der Waals surface area contributed by atoms with Gasteiger partial charge in [0.2, 0.25) is 0 Å². The number of hydrogen-bond acceptors (Lipinski definition) is 3. The Morgan fingerprint density at radius 3 is 2.91 bits per heavy atom. The smallest absolute Gasteiger partial charge is 0.158 e. The van der Waals surface area contributed by atoms with Crippen LogP contribution in [0.3, 0.4) is 0 Å². The quantitative estimate of drug-likeness (QED) is 0.729. The van der Waals surface area contributed by atoms with E-state index in [4.69, 9.17) is 0 Å². The van der Waals surface area contributed by atoms with E-state index in [0.29, 0.717) is 0 Å². The van der Waals surface area contributed by atoms with Gasteiger partial charge in [-0.05, 0) is 19.4 Å². The molecular weight excluding hydrogens is 276 g/mol. The summed E-state index contributed by atoms with van der Waals surface area (Å²) in [5.74, 6) is 1.96. The Hall–Kier alpha value is -2.37. The van der Waals surface area contributed by atoms with Gasteiger partial charge in [0.25, 0.3) is 0 Å². The first-order chi connectivity index (χ1) is 10.8. The minimum absolute atomic E-state index is 0.264.